The fourth-order valence-corrected chi connectivity index (χ4v) is 1.75. The van der Waals surface area contributed by atoms with E-state index in [1.807, 2.05) is 30.3 Å². The average Bonchev–Trinajstić information content (AvgIpc) is 2.37. The van der Waals surface area contributed by atoms with Crippen molar-refractivity contribution in [2.45, 2.75) is 32.3 Å². The SMILES string of the molecule is C(#CC1=CCCCC1)OCc1ccccc1. The van der Waals surface area contributed by atoms with Crippen LogP contribution in [0, 0.1) is 12.0 Å². The van der Waals surface area contributed by atoms with Crippen molar-refractivity contribution in [3.05, 3.63) is 47.5 Å². The highest BCUT2D eigenvalue weighted by Crippen LogP contribution is 2.16. The highest BCUT2D eigenvalue weighted by atomic mass is 16.5. The highest BCUT2D eigenvalue weighted by Gasteiger charge is 1.99. The molecule has 82 valence electrons. The predicted octanol–water partition coefficient (Wildman–Crippen LogP) is 3.66. The molecule has 0 fully saturated rings. The van der Waals surface area contributed by atoms with Crippen LogP contribution in [0.4, 0.5) is 0 Å². The van der Waals surface area contributed by atoms with E-state index in [0.29, 0.717) is 6.61 Å². The van der Waals surface area contributed by atoms with Crippen molar-refractivity contribution in [2.75, 3.05) is 0 Å². The second kappa shape index (κ2) is 6.02. The molecule has 0 amide bonds. The summed E-state index contributed by atoms with van der Waals surface area (Å²) >= 11 is 0. The van der Waals surface area contributed by atoms with E-state index in [0.717, 1.165) is 12.0 Å². The minimum Gasteiger partial charge on any atom is -0.441 e. The Kier molecular flexibility index (Phi) is 4.08. The zero-order chi connectivity index (χ0) is 11.1. The van der Waals surface area contributed by atoms with Gasteiger partial charge in [0.1, 0.15) is 12.7 Å². The second-order valence-corrected chi connectivity index (χ2v) is 3.98. The van der Waals surface area contributed by atoms with Gasteiger partial charge in [-0.2, -0.15) is 0 Å². The number of benzene rings is 1. The highest BCUT2D eigenvalue weighted by molar-refractivity contribution is 5.28. The quantitative estimate of drug-likeness (QED) is 0.680. The van der Waals surface area contributed by atoms with E-state index >= 15 is 0 Å². The molecule has 0 spiro atoms. The summed E-state index contributed by atoms with van der Waals surface area (Å²) in [5.74, 6) is 3.08. The van der Waals surface area contributed by atoms with Crippen molar-refractivity contribution in [3.8, 4) is 12.0 Å². The van der Waals surface area contributed by atoms with Crippen LogP contribution in [0.25, 0.3) is 0 Å². The first-order chi connectivity index (χ1) is 7.95. The Morgan fingerprint density at radius 2 is 2.00 bits per heavy atom. The molecule has 0 bridgehead atoms. The van der Waals surface area contributed by atoms with Crippen LogP contribution in [0.15, 0.2) is 42.0 Å². The molecule has 1 aliphatic carbocycles. The van der Waals surface area contributed by atoms with E-state index in [2.05, 4.69) is 18.1 Å². The Hall–Kier alpha value is -1.68. The number of hydrogen-bond acceptors (Lipinski definition) is 1. The fraction of sp³-hybridized carbons (Fsp3) is 0.333. The van der Waals surface area contributed by atoms with Crippen LogP contribution < -0.4 is 0 Å². The van der Waals surface area contributed by atoms with Gasteiger partial charge in [-0.15, -0.1) is 0 Å². The number of hydrogen-bond donors (Lipinski definition) is 0. The van der Waals surface area contributed by atoms with Crippen molar-refractivity contribution < 1.29 is 4.74 Å². The smallest absolute Gasteiger partial charge is 0.125 e. The van der Waals surface area contributed by atoms with Crippen LogP contribution >= 0.6 is 0 Å². The van der Waals surface area contributed by atoms with Crippen LogP contribution in [0.2, 0.25) is 0 Å². The molecule has 2 rings (SSSR count). The van der Waals surface area contributed by atoms with E-state index < -0.39 is 0 Å². The standard InChI is InChI=1S/C15H16O/c1-3-7-14(8-4-1)11-12-16-13-15-9-5-2-6-10-15/h2,5-7,9-10H,1,3-4,8,13H2. The lowest BCUT2D eigenvalue weighted by molar-refractivity contribution is 0.265. The number of ether oxygens (including phenoxy) is 1. The monoisotopic (exact) mass is 212 g/mol. The summed E-state index contributed by atoms with van der Waals surface area (Å²) < 4.78 is 5.32. The first-order valence-electron chi connectivity index (χ1n) is 5.81. The molecular formula is C15H16O. The molecule has 0 aliphatic heterocycles. The number of allylic oxidation sites excluding steroid dienone is 2. The van der Waals surface area contributed by atoms with Crippen molar-refractivity contribution in [1.82, 2.24) is 0 Å². The maximum Gasteiger partial charge on any atom is 0.125 e. The maximum absolute atomic E-state index is 5.32. The van der Waals surface area contributed by atoms with E-state index in [1.165, 1.54) is 24.8 Å². The van der Waals surface area contributed by atoms with E-state index in [9.17, 15) is 0 Å². The number of rotatable bonds is 2. The Balaban J connectivity index is 1.80. The molecule has 0 N–H and O–H groups in total. The fourth-order valence-electron chi connectivity index (χ4n) is 1.75. The van der Waals surface area contributed by atoms with Gasteiger partial charge in [0.15, 0.2) is 0 Å². The molecule has 0 atom stereocenters. The van der Waals surface area contributed by atoms with Gasteiger partial charge in [-0.25, -0.2) is 0 Å². The molecule has 1 nitrogen and oxygen atoms in total. The zero-order valence-corrected chi connectivity index (χ0v) is 9.41. The summed E-state index contributed by atoms with van der Waals surface area (Å²) in [6, 6.07) is 10.1. The summed E-state index contributed by atoms with van der Waals surface area (Å²) in [6.45, 7) is 0.571. The molecule has 0 aromatic heterocycles. The molecular weight excluding hydrogens is 196 g/mol. The zero-order valence-electron chi connectivity index (χ0n) is 9.41. The van der Waals surface area contributed by atoms with E-state index in [4.69, 9.17) is 4.74 Å². The molecule has 0 heterocycles. The Morgan fingerprint density at radius 1 is 1.12 bits per heavy atom. The molecule has 0 saturated heterocycles. The second-order valence-electron chi connectivity index (χ2n) is 3.98. The summed E-state index contributed by atoms with van der Waals surface area (Å²) in [5, 5.41) is 0. The van der Waals surface area contributed by atoms with Gasteiger partial charge in [0, 0.05) is 5.57 Å². The van der Waals surface area contributed by atoms with E-state index in [-0.39, 0.29) is 0 Å². The third kappa shape index (κ3) is 3.47. The van der Waals surface area contributed by atoms with Crippen LogP contribution in [-0.2, 0) is 11.3 Å². The van der Waals surface area contributed by atoms with E-state index in [1.54, 1.807) is 0 Å². The van der Waals surface area contributed by atoms with Crippen molar-refractivity contribution in [2.24, 2.45) is 0 Å². The minimum absolute atomic E-state index is 0.571. The van der Waals surface area contributed by atoms with Gasteiger partial charge in [-0.05, 0) is 37.2 Å². The predicted molar refractivity (Wildman–Crippen MR) is 65.6 cm³/mol. The maximum atomic E-state index is 5.32. The Labute approximate surface area is 97.1 Å². The van der Waals surface area contributed by atoms with Crippen LogP contribution in [0.5, 0.6) is 0 Å². The molecule has 1 aromatic rings. The molecule has 1 aliphatic rings. The third-order valence-electron chi connectivity index (χ3n) is 2.66. The van der Waals surface area contributed by atoms with Crippen molar-refractivity contribution in [3.63, 3.8) is 0 Å². The molecule has 1 heteroatoms. The topological polar surface area (TPSA) is 9.23 Å². The molecule has 1 aromatic carbocycles. The van der Waals surface area contributed by atoms with Gasteiger partial charge < -0.3 is 4.74 Å². The average molecular weight is 212 g/mol. The summed E-state index contributed by atoms with van der Waals surface area (Å²) in [7, 11) is 0. The van der Waals surface area contributed by atoms with Crippen LogP contribution in [0.1, 0.15) is 31.2 Å². The normalized spacial score (nSPS) is 14.6. The lowest BCUT2D eigenvalue weighted by Crippen LogP contribution is -1.90. The summed E-state index contributed by atoms with van der Waals surface area (Å²) in [6.07, 6.45) is 9.86. The molecule has 16 heavy (non-hydrogen) atoms. The van der Waals surface area contributed by atoms with Gasteiger partial charge in [-0.1, -0.05) is 36.4 Å². The first-order valence-corrected chi connectivity index (χ1v) is 5.81. The van der Waals surface area contributed by atoms with Gasteiger partial charge in [-0.3, -0.25) is 0 Å². The molecule has 0 unspecified atom stereocenters. The lowest BCUT2D eigenvalue weighted by atomic mass is 10.0. The molecule has 0 radical (unpaired) electrons. The van der Waals surface area contributed by atoms with Gasteiger partial charge >= 0.3 is 0 Å². The Bertz CT molecular complexity index is 406. The van der Waals surface area contributed by atoms with Gasteiger partial charge in [0.05, 0.1) is 0 Å². The summed E-state index contributed by atoms with van der Waals surface area (Å²) in [5.41, 5.74) is 2.40. The van der Waals surface area contributed by atoms with Gasteiger partial charge in [0.25, 0.3) is 0 Å². The largest absolute Gasteiger partial charge is 0.441 e. The molecule has 0 saturated carbocycles. The van der Waals surface area contributed by atoms with Crippen LogP contribution in [-0.4, -0.2) is 0 Å². The third-order valence-corrected chi connectivity index (χ3v) is 2.66. The minimum atomic E-state index is 0.571. The lowest BCUT2D eigenvalue weighted by Gasteiger charge is -2.05. The van der Waals surface area contributed by atoms with Gasteiger partial charge in [0.2, 0.25) is 0 Å². The van der Waals surface area contributed by atoms with Crippen molar-refractivity contribution in [1.29, 1.82) is 0 Å². The van der Waals surface area contributed by atoms with Crippen molar-refractivity contribution >= 4 is 0 Å². The first kappa shape index (κ1) is 10.8. The van der Waals surface area contributed by atoms with Crippen LogP contribution in [0.3, 0.4) is 0 Å². The Morgan fingerprint density at radius 3 is 2.75 bits per heavy atom. The summed E-state index contributed by atoms with van der Waals surface area (Å²) in [4.78, 5) is 0.